The van der Waals surface area contributed by atoms with E-state index in [1.165, 1.54) is 19.2 Å². The van der Waals surface area contributed by atoms with Crippen LogP contribution in [0.1, 0.15) is 11.6 Å². The summed E-state index contributed by atoms with van der Waals surface area (Å²) in [7, 11) is 0. The van der Waals surface area contributed by atoms with Crippen LogP contribution in [0.2, 0.25) is 0 Å². The summed E-state index contributed by atoms with van der Waals surface area (Å²) in [5.41, 5.74) is 2.14. The summed E-state index contributed by atoms with van der Waals surface area (Å²) in [6.45, 7) is 3.79. The van der Waals surface area contributed by atoms with Crippen molar-refractivity contribution >= 4 is 32.1 Å². The maximum Gasteiger partial charge on any atom is 0.125 e. The highest BCUT2D eigenvalue weighted by Gasteiger charge is 2.10. The van der Waals surface area contributed by atoms with Crippen LogP contribution in [0.25, 0.3) is 30.3 Å². The van der Waals surface area contributed by atoms with Gasteiger partial charge in [0.15, 0.2) is 0 Å². The van der Waals surface area contributed by atoms with E-state index >= 15 is 0 Å². The molecule has 0 saturated heterocycles. The predicted molar refractivity (Wildman–Crippen MR) is 91.2 cm³/mol. The summed E-state index contributed by atoms with van der Waals surface area (Å²) in [5.74, 6) is 1.59. The molecule has 4 rings (SSSR count). The summed E-state index contributed by atoms with van der Waals surface area (Å²) in [6, 6.07) is 4.41. The van der Waals surface area contributed by atoms with Gasteiger partial charge in [0.25, 0.3) is 0 Å². The van der Waals surface area contributed by atoms with E-state index in [0.717, 1.165) is 22.8 Å². The number of hydrogen-bond acceptors (Lipinski definition) is 6. The van der Waals surface area contributed by atoms with Gasteiger partial charge in [0.2, 0.25) is 0 Å². The van der Waals surface area contributed by atoms with Crippen LogP contribution < -0.4 is 0 Å². The van der Waals surface area contributed by atoms with Gasteiger partial charge in [0.05, 0.1) is 0 Å². The summed E-state index contributed by atoms with van der Waals surface area (Å²) < 4.78 is 2.55. The predicted octanol–water partition coefficient (Wildman–Crippen LogP) is 4.49. The first kappa shape index (κ1) is 13.5. The zero-order valence-electron chi connectivity index (χ0n) is 12.1. The summed E-state index contributed by atoms with van der Waals surface area (Å²) >= 11 is 3.53. The van der Waals surface area contributed by atoms with Crippen molar-refractivity contribution < 1.29 is 0 Å². The second-order valence-corrected chi connectivity index (χ2v) is 7.16. The molecule has 0 N–H and O–H groups in total. The van der Waals surface area contributed by atoms with E-state index in [9.17, 15) is 0 Å². The van der Waals surface area contributed by atoms with E-state index in [4.69, 9.17) is 0 Å². The molecule has 0 fully saturated rings. The first-order chi connectivity index (χ1) is 10.7. The molecule has 0 atom stereocenters. The van der Waals surface area contributed by atoms with Crippen molar-refractivity contribution in [1.82, 2.24) is 19.9 Å². The van der Waals surface area contributed by atoms with Gasteiger partial charge in [-0.2, -0.15) is 0 Å². The standard InChI is InChI=1S/C16H12N4S2/c1-9-17-5-11(6-18-9)13-3-15-16(21-13)4-14(22-15)12-7-19-10(2)20-8-12/h3-8H,1-2H3. The molecule has 0 amide bonds. The summed E-state index contributed by atoms with van der Waals surface area (Å²) in [4.78, 5) is 19.5. The van der Waals surface area contributed by atoms with Crippen molar-refractivity contribution in [2.75, 3.05) is 0 Å². The van der Waals surface area contributed by atoms with Crippen molar-refractivity contribution in [3.63, 3.8) is 0 Å². The van der Waals surface area contributed by atoms with E-state index in [1.807, 2.05) is 38.6 Å². The molecule has 0 aliphatic heterocycles. The molecule has 0 saturated carbocycles. The van der Waals surface area contributed by atoms with Crippen LogP contribution in [0.3, 0.4) is 0 Å². The van der Waals surface area contributed by atoms with Crippen LogP contribution in [-0.2, 0) is 0 Å². The molecule has 0 aliphatic rings. The monoisotopic (exact) mass is 324 g/mol. The maximum absolute atomic E-state index is 4.27. The molecule has 0 aromatic carbocycles. The Morgan fingerprint density at radius 2 is 1.00 bits per heavy atom. The van der Waals surface area contributed by atoms with Crippen LogP contribution in [0.15, 0.2) is 36.9 Å². The maximum atomic E-state index is 4.27. The van der Waals surface area contributed by atoms with Crippen molar-refractivity contribution in [2.45, 2.75) is 13.8 Å². The lowest BCUT2D eigenvalue weighted by Crippen LogP contribution is -1.85. The molecule has 0 aliphatic carbocycles. The lowest BCUT2D eigenvalue weighted by atomic mass is 10.2. The Morgan fingerprint density at radius 3 is 1.36 bits per heavy atom. The molecule has 22 heavy (non-hydrogen) atoms. The smallest absolute Gasteiger partial charge is 0.125 e. The fourth-order valence-electron chi connectivity index (χ4n) is 2.16. The molecule has 108 valence electrons. The van der Waals surface area contributed by atoms with Crippen LogP contribution in [-0.4, -0.2) is 19.9 Å². The van der Waals surface area contributed by atoms with Crippen molar-refractivity contribution in [1.29, 1.82) is 0 Å². The van der Waals surface area contributed by atoms with E-state index in [0.29, 0.717) is 0 Å². The lowest BCUT2D eigenvalue weighted by Gasteiger charge is -1.97. The third-order valence-corrected chi connectivity index (χ3v) is 5.73. The van der Waals surface area contributed by atoms with Gasteiger partial charge < -0.3 is 0 Å². The van der Waals surface area contributed by atoms with E-state index < -0.39 is 0 Å². The fourth-order valence-corrected chi connectivity index (χ4v) is 4.51. The van der Waals surface area contributed by atoms with Crippen LogP contribution in [0.5, 0.6) is 0 Å². The Labute approximate surface area is 135 Å². The minimum Gasteiger partial charge on any atom is -0.241 e. The molecule has 0 spiro atoms. The van der Waals surface area contributed by atoms with Crippen molar-refractivity contribution in [2.24, 2.45) is 0 Å². The highest BCUT2D eigenvalue weighted by molar-refractivity contribution is 7.31. The molecule has 0 unspecified atom stereocenters. The highest BCUT2D eigenvalue weighted by atomic mass is 32.1. The molecule has 0 bridgehead atoms. The number of fused-ring (bicyclic) bond motifs is 1. The van der Waals surface area contributed by atoms with Crippen molar-refractivity contribution in [3.05, 3.63) is 48.6 Å². The Bertz CT molecular complexity index is 830. The normalized spacial score (nSPS) is 11.2. The Morgan fingerprint density at radius 1 is 0.636 bits per heavy atom. The van der Waals surface area contributed by atoms with Gasteiger partial charge in [-0.05, 0) is 26.0 Å². The topological polar surface area (TPSA) is 51.6 Å². The van der Waals surface area contributed by atoms with Gasteiger partial charge in [-0.15, -0.1) is 22.7 Å². The zero-order valence-corrected chi connectivity index (χ0v) is 13.7. The Kier molecular flexibility index (Phi) is 3.20. The van der Waals surface area contributed by atoms with Crippen LogP contribution in [0.4, 0.5) is 0 Å². The number of rotatable bonds is 2. The minimum atomic E-state index is 0.795. The third kappa shape index (κ3) is 2.40. The summed E-state index contributed by atoms with van der Waals surface area (Å²) in [5, 5.41) is 0. The Hall–Kier alpha value is -2.18. The van der Waals surface area contributed by atoms with Crippen LogP contribution >= 0.6 is 22.7 Å². The van der Waals surface area contributed by atoms with E-state index in [-0.39, 0.29) is 0 Å². The molecule has 6 heteroatoms. The molecule has 4 heterocycles. The highest BCUT2D eigenvalue weighted by Crippen LogP contribution is 2.41. The third-order valence-electron chi connectivity index (χ3n) is 3.34. The average Bonchev–Trinajstić information content (AvgIpc) is 3.07. The van der Waals surface area contributed by atoms with Crippen molar-refractivity contribution in [3.8, 4) is 20.9 Å². The first-order valence-electron chi connectivity index (χ1n) is 6.80. The second-order valence-electron chi connectivity index (χ2n) is 4.99. The molecular formula is C16H12N4S2. The molecular weight excluding hydrogens is 312 g/mol. The molecule has 4 aromatic rings. The number of nitrogens with zero attached hydrogens (tertiary/aromatic N) is 4. The van der Waals surface area contributed by atoms with Gasteiger partial charge in [-0.1, -0.05) is 0 Å². The van der Waals surface area contributed by atoms with Gasteiger partial charge in [-0.25, -0.2) is 19.9 Å². The first-order valence-corrected chi connectivity index (χ1v) is 8.44. The second kappa shape index (κ2) is 5.23. The molecule has 4 aromatic heterocycles. The quantitative estimate of drug-likeness (QED) is 0.545. The number of thiophene rings is 2. The van der Waals surface area contributed by atoms with Gasteiger partial charge >= 0.3 is 0 Å². The number of aromatic nitrogens is 4. The number of aryl methyl sites for hydroxylation is 2. The summed E-state index contributed by atoms with van der Waals surface area (Å²) in [6.07, 6.45) is 7.53. The lowest BCUT2D eigenvalue weighted by molar-refractivity contribution is 1.06. The SMILES string of the molecule is Cc1ncc(-c2cc3sc(-c4cnc(C)nc4)cc3s2)cn1. The van der Waals surface area contributed by atoms with E-state index in [2.05, 4.69) is 32.1 Å². The largest absolute Gasteiger partial charge is 0.241 e. The zero-order chi connectivity index (χ0) is 15.1. The number of hydrogen-bond donors (Lipinski definition) is 0. The van der Waals surface area contributed by atoms with Crippen LogP contribution in [0, 0.1) is 13.8 Å². The van der Waals surface area contributed by atoms with E-state index in [1.54, 1.807) is 22.7 Å². The molecule has 0 radical (unpaired) electrons. The van der Waals surface area contributed by atoms with Gasteiger partial charge in [0, 0.05) is 55.1 Å². The Balaban J connectivity index is 1.73. The van der Waals surface area contributed by atoms with Gasteiger partial charge in [-0.3, -0.25) is 0 Å². The fraction of sp³-hybridized carbons (Fsp3) is 0.125. The minimum absolute atomic E-state index is 0.795. The average molecular weight is 324 g/mol. The molecule has 4 nitrogen and oxygen atoms in total. The van der Waals surface area contributed by atoms with Gasteiger partial charge in [0.1, 0.15) is 11.6 Å².